The van der Waals surface area contributed by atoms with E-state index in [4.69, 9.17) is 16.7 Å². The second kappa shape index (κ2) is 4.94. The molecule has 1 heterocycles. The highest BCUT2D eigenvalue weighted by molar-refractivity contribution is 6.33. The van der Waals surface area contributed by atoms with E-state index in [2.05, 4.69) is 4.98 Å². The standard InChI is InChI=1S/C12H15ClN2O3/c1-7-5-9(13)8(6-14-7)10(16)15(4)12(2,3)11(17)18/h5-6H,1-4H3,(H,17,18). The lowest BCUT2D eigenvalue weighted by atomic mass is 10.0. The third-order valence-corrected chi connectivity index (χ3v) is 3.20. The fourth-order valence-corrected chi connectivity index (χ4v) is 1.55. The number of carbonyl (C=O) groups excluding carboxylic acids is 1. The quantitative estimate of drug-likeness (QED) is 0.912. The van der Waals surface area contributed by atoms with Crippen molar-refractivity contribution >= 4 is 23.5 Å². The number of aromatic nitrogens is 1. The van der Waals surface area contributed by atoms with Gasteiger partial charge in [-0.15, -0.1) is 0 Å². The van der Waals surface area contributed by atoms with E-state index in [-0.39, 0.29) is 10.6 Å². The Balaban J connectivity index is 3.11. The van der Waals surface area contributed by atoms with Crippen LogP contribution in [0.3, 0.4) is 0 Å². The van der Waals surface area contributed by atoms with E-state index in [0.29, 0.717) is 5.69 Å². The molecule has 0 aromatic carbocycles. The van der Waals surface area contributed by atoms with Gasteiger partial charge in [-0.3, -0.25) is 9.78 Å². The molecule has 0 aliphatic carbocycles. The van der Waals surface area contributed by atoms with E-state index >= 15 is 0 Å². The lowest BCUT2D eigenvalue weighted by Gasteiger charge is -2.31. The number of carboxylic acid groups (broad SMARTS) is 1. The maximum absolute atomic E-state index is 12.2. The molecule has 0 radical (unpaired) electrons. The number of nitrogens with zero attached hydrogens (tertiary/aromatic N) is 2. The summed E-state index contributed by atoms with van der Waals surface area (Å²) in [5, 5.41) is 9.34. The van der Waals surface area contributed by atoms with Crippen LogP contribution in [0.15, 0.2) is 12.3 Å². The summed E-state index contributed by atoms with van der Waals surface area (Å²) < 4.78 is 0. The van der Waals surface area contributed by atoms with E-state index in [1.807, 2.05) is 0 Å². The number of aryl methyl sites for hydroxylation is 1. The summed E-state index contributed by atoms with van der Waals surface area (Å²) in [6, 6.07) is 1.57. The molecule has 1 aromatic rings. The number of hydrogen-bond acceptors (Lipinski definition) is 3. The Bertz CT molecular complexity index is 500. The second-order valence-electron chi connectivity index (χ2n) is 4.53. The molecule has 0 saturated carbocycles. The summed E-state index contributed by atoms with van der Waals surface area (Å²) in [5.74, 6) is -1.56. The van der Waals surface area contributed by atoms with Crippen molar-refractivity contribution in [2.45, 2.75) is 26.3 Å². The largest absolute Gasteiger partial charge is 0.480 e. The molecule has 0 unspecified atom stereocenters. The highest BCUT2D eigenvalue weighted by Gasteiger charge is 2.36. The number of rotatable bonds is 3. The monoisotopic (exact) mass is 270 g/mol. The SMILES string of the molecule is Cc1cc(Cl)c(C(=O)N(C)C(C)(C)C(=O)O)cn1. The van der Waals surface area contributed by atoms with E-state index in [1.54, 1.807) is 13.0 Å². The Morgan fingerprint density at radius 2 is 2.00 bits per heavy atom. The molecule has 0 aliphatic rings. The summed E-state index contributed by atoms with van der Waals surface area (Å²) >= 11 is 5.96. The number of hydrogen-bond donors (Lipinski definition) is 1. The minimum atomic E-state index is -1.31. The maximum Gasteiger partial charge on any atom is 0.329 e. The normalized spacial score (nSPS) is 11.2. The van der Waals surface area contributed by atoms with Crippen LogP contribution in [0.25, 0.3) is 0 Å². The molecule has 6 heteroatoms. The summed E-state index contributed by atoms with van der Waals surface area (Å²) in [6.07, 6.45) is 1.36. The van der Waals surface area contributed by atoms with Crippen molar-refractivity contribution in [1.29, 1.82) is 0 Å². The van der Waals surface area contributed by atoms with Gasteiger partial charge in [-0.2, -0.15) is 0 Å². The van der Waals surface area contributed by atoms with Gasteiger partial charge in [-0.05, 0) is 26.8 Å². The van der Waals surface area contributed by atoms with Crippen molar-refractivity contribution in [1.82, 2.24) is 9.88 Å². The predicted molar refractivity (Wildman–Crippen MR) is 67.8 cm³/mol. The molecule has 0 aliphatic heterocycles. The number of likely N-dealkylation sites (N-methyl/N-ethyl adjacent to an activating group) is 1. The van der Waals surface area contributed by atoms with Crippen molar-refractivity contribution in [2.24, 2.45) is 0 Å². The van der Waals surface area contributed by atoms with Gasteiger partial charge in [0.15, 0.2) is 0 Å². The number of carboxylic acids is 1. The maximum atomic E-state index is 12.2. The van der Waals surface area contributed by atoms with Crippen molar-refractivity contribution in [3.05, 3.63) is 28.5 Å². The van der Waals surface area contributed by atoms with Crippen LogP contribution in [0.1, 0.15) is 29.9 Å². The zero-order chi connectivity index (χ0) is 14.1. The molecular weight excluding hydrogens is 256 g/mol. The van der Waals surface area contributed by atoms with E-state index in [1.165, 1.54) is 27.1 Å². The van der Waals surface area contributed by atoms with Crippen molar-refractivity contribution < 1.29 is 14.7 Å². The summed E-state index contributed by atoms with van der Waals surface area (Å²) in [5.41, 5.74) is -0.429. The molecule has 0 saturated heterocycles. The van der Waals surface area contributed by atoms with Gasteiger partial charge >= 0.3 is 5.97 Å². The van der Waals surface area contributed by atoms with Crippen LogP contribution in [-0.2, 0) is 4.79 Å². The first kappa shape index (κ1) is 14.4. The molecule has 1 N–H and O–H groups in total. The third-order valence-electron chi connectivity index (χ3n) is 2.89. The Hall–Kier alpha value is -1.62. The molecule has 1 rings (SSSR count). The van der Waals surface area contributed by atoms with E-state index in [9.17, 15) is 9.59 Å². The van der Waals surface area contributed by atoms with Crippen LogP contribution in [0, 0.1) is 6.92 Å². The van der Waals surface area contributed by atoms with E-state index < -0.39 is 17.4 Å². The van der Waals surface area contributed by atoms with Crippen molar-refractivity contribution in [3.63, 3.8) is 0 Å². The fourth-order valence-electron chi connectivity index (χ4n) is 1.26. The summed E-state index contributed by atoms with van der Waals surface area (Å²) in [6.45, 7) is 4.65. The lowest BCUT2D eigenvalue weighted by Crippen LogP contribution is -2.50. The number of pyridine rings is 1. The predicted octanol–water partition coefficient (Wildman–Crippen LogP) is 1.98. The molecule has 98 valence electrons. The van der Waals surface area contributed by atoms with Crippen LogP contribution in [0.4, 0.5) is 0 Å². The average molecular weight is 271 g/mol. The highest BCUT2D eigenvalue weighted by atomic mass is 35.5. The van der Waals surface area contributed by atoms with Gasteiger partial charge in [0.05, 0.1) is 10.6 Å². The molecule has 1 aromatic heterocycles. The Kier molecular flexibility index (Phi) is 3.96. The molecule has 0 fully saturated rings. The number of aliphatic carboxylic acids is 1. The molecule has 0 atom stereocenters. The van der Waals surface area contributed by atoms with Crippen LogP contribution in [0.5, 0.6) is 0 Å². The van der Waals surface area contributed by atoms with Gasteiger partial charge in [-0.25, -0.2) is 4.79 Å². The molecule has 5 nitrogen and oxygen atoms in total. The first-order valence-electron chi connectivity index (χ1n) is 5.31. The molecule has 1 amide bonds. The average Bonchev–Trinajstić information content (AvgIpc) is 2.26. The van der Waals surface area contributed by atoms with Crippen LogP contribution in [0.2, 0.25) is 5.02 Å². The molecular formula is C12H15ClN2O3. The topological polar surface area (TPSA) is 70.5 Å². The fraction of sp³-hybridized carbons (Fsp3) is 0.417. The van der Waals surface area contributed by atoms with Crippen LogP contribution >= 0.6 is 11.6 Å². The Labute approximate surface area is 110 Å². The zero-order valence-electron chi connectivity index (χ0n) is 10.7. The minimum Gasteiger partial charge on any atom is -0.480 e. The smallest absolute Gasteiger partial charge is 0.329 e. The third kappa shape index (κ3) is 2.61. The first-order valence-corrected chi connectivity index (χ1v) is 5.69. The van der Waals surface area contributed by atoms with Gasteiger partial charge in [0.25, 0.3) is 5.91 Å². The highest BCUT2D eigenvalue weighted by Crippen LogP contribution is 2.21. The van der Waals surface area contributed by atoms with Crippen molar-refractivity contribution in [3.8, 4) is 0 Å². The van der Waals surface area contributed by atoms with Gasteiger partial charge in [-0.1, -0.05) is 11.6 Å². The Morgan fingerprint density at radius 1 is 1.44 bits per heavy atom. The molecule has 0 bridgehead atoms. The minimum absolute atomic E-state index is 0.194. The van der Waals surface area contributed by atoms with Crippen LogP contribution in [-0.4, -0.2) is 39.5 Å². The lowest BCUT2D eigenvalue weighted by molar-refractivity contribution is -0.147. The Morgan fingerprint density at radius 3 is 2.44 bits per heavy atom. The summed E-state index contributed by atoms with van der Waals surface area (Å²) in [7, 11) is 1.42. The second-order valence-corrected chi connectivity index (χ2v) is 4.94. The first-order chi connectivity index (χ1) is 8.17. The number of halogens is 1. The zero-order valence-corrected chi connectivity index (χ0v) is 11.4. The van der Waals surface area contributed by atoms with Gasteiger partial charge in [0, 0.05) is 18.9 Å². The van der Waals surface area contributed by atoms with Gasteiger partial charge in [0.2, 0.25) is 0 Å². The van der Waals surface area contributed by atoms with Gasteiger partial charge < -0.3 is 10.0 Å². The summed E-state index contributed by atoms with van der Waals surface area (Å²) in [4.78, 5) is 28.4. The van der Waals surface area contributed by atoms with Gasteiger partial charge in [0.1, 0.15) is 5.54 Å². The van der Waals surface area contributed by atoms with E-state index in [0.717, 1.165) is 4.90 Å². The number of amides is 1. The molecule has 0 spiro atoms. The number of carbonyl (C=O) groups is 2. The molecule has 18 heavy (non-hydrogen) atoms. The van der Waals surface area contributed by atoms with Crippen molar-refractivity contribution in [2.75, 3.05) is 7.05 Å². The van der Waals surface area contributed by atoms with Crippen LogP contribution < -0.4 is 0 Å².